The molecule has 104 valence electrons. The summed E-state index contributed by atoms with van der Waals surface area (Å²) >= 11 is 4.99. The Labute approximate surface area is 118 Å². The largest absolute Gasteiger partial charge is 0.495 e. The van der Waals surface area contributed by atoms with Crippen LogP contribution >= 0.6 is 12.2 Å². The molecule has 0 fully saturated rings. The smallest absolute Gasteiger partial charge is 0.321 e. The van der Waals surface area contributed by atoms with Gasteiger partial charge in [-0.1, -0.05) is 18.3 Å². The number of nitrogens with zero attached hydrogens (tertiary/aromatic N) is 1. The molecule has 6 heteroatoms. The van der Waals surface area contributed by atoms with Crippen molar-refractivity contribution >= 4 is 28.9 Å². The van der Waals surface area contributed by atoms with Gasteiger partial charge in [0.1, 0.15) is 10.7 Å². The Morgan fingerprint density at radius 2 is 2.05 bits per heavy atom. The third-order valence-electron chi connectivity index (χ3n) is 2.79. The Bertz CT molecular complexity index is 473. The molecule has 0 aliphatic rings. The predicted molar refractivity (Wildman–Crippen MR) is 80.8 cm³/mol. The van der Waals surface area contributed by atoms with Crippen LogP contribution in [-0.4, -0.2) is 36.1 Å². The Kier molecular flexibility index (Phi) is 5.57. The summed E-state index contributed by atoms with van der Waals surface area (Å²) in [4.78, 5) is 14.0. The first-order chi connectivity index (χ1) is 9.04. The van der Waals surface area contributed by atoms with E-state index in [4.69, 9.17) is 22.7 Å². The fourth-order valence-corrected chi connectivity index (χ4v) is 1.90. The number of amides is 2. The monoisotopic (exact) mass is 281 g/mol. The Balaban J connectivity index is 3.11. The van der Waals surface area contributed by atoms with Gasteiger partial charge in [-0.25, -0.2) is 4.79 Å². The number of carbonyl (C=O) groups excluding carboxylic acids is 1. The number of rotatable bonds is 5. The van der Waals surface area contributed by atoms with Crippen LogP contribution in [-0.2, 0) is 0 Å². The third-order valence-corrected chi connectivity index (χ3v) is 3.01. The van der Waals surface area contributed by atoms with Crippen molar-refractivity contribution < 1.29 is 9.53 Å². The van der Waals surface area contributed by atoms with Gasteiger partial charge < -0.3 is 20.7 Å². The summed E-state index contributed by atoms with van der Waals surface area (Å²) in [5.74, 6) is 0.533. The zero-order valence-electron chi connectivity index (χ0n) is 11.4. The van der Waals surface area contributed by atoms with Gasteiger partial charge in [0.05, 0.1) is 12.8 Å². The van der Waals surface area contributed by atoms with E-state index in [1.165, 1.54) is 7.11 Å². The van der Waals surface area contributed by atoms with E-state index < -0.39 is 0 Å². The molecule has 0 radical (unpaired) electrons. The van der Waals surface area contributed by atoms with Gasteiger partial charge in [0, 0.05) is 18.7 Å². The first-order valence-electron chi connectivity index (χ1n) is 6.07. The normalized spacial score (nSPS) is 9.84. The molecule has 0 bridgehead atoms. The van der Waals surface area contributed by atoms with Crippen molar-refractivity contribution in [1.29, 1.82) is 0 Å². The third kappa shape index (κ3) is 3.57. The van der Waals surface area contributed by atoms with Crippen molar-refractivity contribution in [2.24, 2.45) is 5.73 Å². The average molecular weight is 281 g/mol. The zero-order chi connectivity index (χ0) is 14.4. The standard InChI is InChI=1S/C13H19N3O2S/c1-4-16(5-2)13(17)15-11-9(12(14)19)7-6-8-10(11)18-3/h6-8H,4-5H2,1-3H3,(H2,14,19)(H,15,17). The minimum absolute atomic E-state index is 0.202. The molecule has 0 atom stereocenters. The molecule has 0 aliphatic heterocycles. The van der Waals surface area contributed by atoms with E-state index in [1.807, 2.05) is 13.8 Å². The number of anilines is 1. The summed E-state index contributed by atoms with van der Waals surface area (Å²) in [6.45, 7) is 5.08. The predicted octanol–water partition coefficient (Wildman–Crippen LogP) is 2.20. The second-order valence-electron chi connectivity index (χ2n) is 3.85. The van der Waals surface area contributed by atoms with Gasteiger partial charge in [0.15, 0.2) is 0 Å². The summed E-state index contributed by atoms with van der Waals surface area (Å²) < 4.78 is 5.24. The molecule has 5 nitrogen and oxygen atoms in total. The highest BCUT2D eigenvalue weighted by molar-refractivity contribution is 7.80. The lowest BCUT2D eigenvalue weighted by atomic mass is 10.1. The van der Waals surface area contributed by atoms with Crippen LogP contribution in [0.1, 0.15) is 19.4 Å². The number of thiocarbonyl (C=S) groups is 1. The summed E-state index contributed by atoms with van der Waals surface area (Å²) in [6.07, 6.45) is 0. The quantitative estimate of drug-likeness (QED) is 0.812. The fraction of sp³-hybridized carbons (Fsp3) is 0.385. The maximum Gasteiger partial charge on any atom is 0.321 e. The summed E-state index contributed by atoms with van der Waals surface area (Å²) in [5, 5.41) is 2.81. The molecule has 0 saturated heterocycles. The Morgan fingerprint density at radius 1 is 1.42 bits per heavy atom. The molecule has 1 rings (SSSR count). The van der Waals surface area contributed by atoms with Gasteiger partial charge in [-0.15, -0.1) is 0 Å². The molecule has 0 heterocycles. The van der Waals surface area contributed by atoms with E-state index in [0.29, 0.717) is 30.1 Å². The maximum atomic E-state index is 12.1. The number of hydrogen-bond acceptors (Lipinski definition) is 3. The number of para-hydroxylation sites is 1. The van der Waals surface area contributed by atoms with Crippen LogP contribution in [0, 0.1) is 0 Å². The SMILES string of the molecule is CCN(CC)C(=O)Nc1c(OC)cccc1C(N)=S. The van der Waals surface area contributed by atoms with Gasteiger partial charge in [-0.2, -0.15) is 0 Å². The number of benzene rings is 1. The van der Waals surface area contributed by atoms with Crippen LogP contribution in [0.2, 0.25) is 0 Å². The summed E-state index contributed by atoms with van der Waals surface area (Å²) in [7, 11) is 1.53. The fourth-order valence-electron chi connectivity index (χ4n) is 1.73. The van der Waals surface area contributed by atoms with Crippen LogP contribution in [0.15, 0.2) is 18.2 Å². The van der Waals surface area contributed by atoms with Crippen molar-refractivity contribution in [2.75, 3.05) is 25.5 Å². The van der Waals surface area contributed by atoms with E-state index in [1.54, 1.807) is 23.1 Å². The lowest BCUT2D eigenvalue weighted by Crippen LogP contribution is -2.35. The van der Waals surface area contributed by atoms with Crippen LogP contribution < -0.4 is 15.8 Å². The van der Waals surface area contributed by atoms with Crippen LogP contribution in [0.3, 0.4) is 0 Å². The van der Waals surface area contributed by atoms with E-state index in [2.05, 4.69) is 5.32 Å². The highest BCUT2D eigenvalue weighted by atomic mass is 32.1. The van der Waals surface area contributed by atoms with Gasteiger partial charge in [-0.3, -0.25) is 0 Å². The van der Waals surface area contributed by atoms with E-state index in [-0.39, 0.29) is 11.0 Å². The molecule has 1 aromatic rings. The minimum atomic E-state index is -0.202. The van der Waals surface area contributed by atoms with Crippen LogP contribution in [0.5, 0.6) is 5.75 Å². The van der Waals surface area contributed by atoms with E-state index >= 15 is 0 Å². The summed E-state index contributed by atoms with van der Waals surface area (Å²) in [6, 6.07) is 5.08. The number of carbonyl (C=O) groups is 1. The van der Waals surface area contributed by atoms with E-state index in [9.17, 15) is 4.79 Å². The Hall–Kier alpha value is -1.82. The van der Waals surface area contributed by atoms with Crippen molar-refractivity contribution in [3.05, 3.63) is 23.8 Å². The van der Waals surface area contributed by atoms with Gasteiger partial charge in [-0.05, 0) is 26.0 Å². The molecular formula is C13H19N3O2S. The molecular weight excluding hydrogens is 262 g/mol. The molecule has 1 aromatic carbocycles. The highest BCUT2D eigenvalue weighted by Gasteiger charge is 2.16. The lowest BCUT2D eigenvalue weighted by Gasteiger charge is -2.21. The second-order valence-corrected chi connectivity index (χ2v) is 4.29. The average Bonchev–Trinajstić information content (AvgIpc) is 2.40. The van der Waals surface area contributed by atoms with Crippen LogP contribution in [0.4, 0.5) is 10.5 Å². The number of methoxy groups -OCH3 is 1. The number of urea groups is 1. The molecule has 0 saturated carbocycles. The van der Waals surface area contributed by atoms with Crippen LogP contribution in [0.25, 0.3) is 0 Å². The highest BCUT2D eigenvalue weighted by Crippen LogP contribution is 2.28. The molecule has 0 aliphatic carbocycles. The summed E-state index contributed by atoms with van der Waals surface area (Å²) in [5.41, 5.74) is 6.77. The number of hydrogen-bond donors (Lipinski definition) is 2. The topological polar surface area (TPSA) is 67.6 Å². The van der Waals surface area contributed by atoms with Crippen molar-refractivity contribution in [3.8, 4) is 5.75 Å². The Morgan fingerprint density at radius 3 is 2.53 bits per heavy atom. The van der Waals surface area contributed by atoms with Gasteiger partial charge in [0.25, 0.3) is 0 Å². The molecule has 19 heavy (non-hydrogen) atoms. The molecule has 3 N–H and O–H groups in total. The van der Waals surface area contributed by atoms with E-state index in [0.717, 1.165) is 0 Å². The lowest BCUT2D eigenvalue weighted by molar-refractivity contribution is 0.217. The first-order valence-corrected chi connectivity index (χ1v) is 6.48. The van der Waals surface area contributed by atoms with Crippen molar-refractivity contribution in [3.63, 3.8) is 0 Å². The zero-order valence-corrected chi connectivity index (χ0v) is 12.2. The van der Waals surface area contributed by atoms with Crippen molar-refractivity contribution in [1.82, 2.24) is 4.90 Å². The molecule has 2 amide bonds. The molecule has 0 spiro atoms. The maximum absolute atomic E-state index is 12.1. The number of nitrogens with one attached hydrogen (secondary N) is 1. The molecule has 0 unspecified atom stereocenters. The number of ether oxygens (including phenoxy) is 1. The first kappa shape index (κ1) is 15.2. The minimum Gasteiger partial charge on any atom is -0.495 e. The second kappa shape index (κ2) is 6.94. The van der Waals surface area contributed by atoms with Crippen molar-refractivity contribution in [2.45, 2.75) is 13.8 Å². The van der Waals surface area contributed by atoms with Gasteiger partial charge in [0.2, 0.25) is 0 Å². The van der Waals surface area contributed by atoms with Gasteiger partial charge >= 0.3 is 6.03 Å². The molecule has 0 aromatic heterocycles. The number of nitrogens with two attached hydrogens (primary N) is 1.